The first-order valence-corrected chi connectivity index (χ1v) is 6.05. The maximum absolute atomic E-state index is 11.7. The molecule has 5 N–H and O–H groups in total. The van der Waals surface area contributed by atoms with Gasteiger partial charge in [-0.1, -0.05) is 13.0 Å². The fourth-order valence-electron chi connectivity index (χ4n) is 1.72. The standard InChI is InChI=1S/C13H17N3O4/c1-8(6-12(18)19)5-11(17)15-9-3-2-4-10(7-9)16-13(14)20/h2-4,7-8H,5-6H2,1H3,(H,15,17)(H,18,19)(H3,14,16,20). The number of hydrogen-bond donors (Lipinski definition) is 4. The average molecular weight is 279 g/mol. The lowest BCUT2D eigenvalue weighted by Gasteiger charge is -2.10. The molecule has 0 fully saturated rings. The lowest BCUT2D eigenvalue weighted by atomic mass is 10.0. The second kappa shape index (κ2) is 7.13. The van der Waals surface area contributed by atoms with Gasteiger partial charge < -0.3 is 21.5 Å². The van der Waals surface area contributed by atoms with E-state index in [-0.39, 0.29) is 24.7 Å². The molecule has 1 rings (SSSR count). The van der Waals surface area contributed by atoms with Crippen LogP contribution >= 0.6 is 0 Å². The van der Waals surface area contributed by atoms with Gasteiger partial charge in [0.05, 0.1) is 0 Å². The van der Waals surface area contributed by atoms with Crippen LogP contribution in [-0.2, 0) is 9.59 Å². The SMILES string of the molecule is CC(CC(=O)O)CC(=O)Nc1cccc(NC(N)=O)c1. The molecule has 0 radical (unpaired) electrons. The van der Waals surface area contributed by atoms with Gasteiger partial charge in [-0.15, -0.1) is 0 Å². The molecule has 1 unspecified atom stereocenters. The number of anilines is 2. The van der Waals surface area contributed by atoms with Crippen molar-refractivity contribution in [1.82, 2.24) is 0 Å². The second-order valence-corrected chi connectivity index (χ2v) is 4.53. The van der Waals surface area contributed by atoms with Crippen molar-refractivity contribution in [2.24, 2.45) is 11.7 Å². The van der Waals surface area contributed by atoms with E-state index in [1.165, 1.54) is 0 Å². The summed E-state index contributed by atoms with van der Waals surface area (Å²) < 4.78 is 0. The highest BCUT2D eigenvalue weighted by Gasteiger charge is 2.12. The van der Waals surface area contributed by atoms with Crippen molar-refractivity contribution >= 4 is 29.3 Å². The van der Waals surface area contributed by atoms with E-state index in [0.717, 1.165) is 0 Å². The maximum atomic E-state index is 11.7. The Morgan fingerprint density at radius 1 is 1.20 bits per heavy atom. The molecule has 0 aliphatic heterocycles. The molecule has 0 aromatic heterocycles. The van der Waals surface area contributed by atoms with Crippen LogP contribution in [0.1, 0.15) is 19.8 Å². The first-order valence-electron chi connectivity index (χ1n) is 6.05. The predicted molar refractivity (Wildman–Crippen MR) is 74.3 cm³/mol. The van der Waals surface area contributed by atoms with Crippen molar-refractivity contribution in [1.29, 1.82) is 0 Å². The number of amides is 3. The highest BCUT2D eigenvalue weighted by atomic mass is 16.4. The zero-order valence-corrected chi connectivity index (χ0v) is 11.1. The Bertz CT molecular complexity index is 516. The van der Waals surface area contributed by atoms with Gasteiger partial charge in [0.15, 0.2) is 0 Å². The van der Waals surface area contributed by atoms with Crippen LogP contribution in [0.25, 0.3) is 0 Å². The summed E-state index contributed by atoms with van der Waals surface area (Å²) in [6.45, 7) is 1.69. The monoisotopic (exact) mass is 279 g/mol. The summed E-state index contributed by atoms with van der Waals surface area (Å²) in [5.41, 5.74) is 5.97. The first kappa shape index (κ1) is 15.5. The number of rotatable bonds is 6. The number of carboxylic acid groups (broad SMARTS) is 1. The van der Waals surface area contributed by atoms with E-state index < -0.39 is 12.0 Å². The molecule has 1 aromatic carbocycles. The number of aliphatic carboxylic acids is 1. The van der Waals surface area contributed by atoms with Gasteiger partial charge in [0.1, 0.15) is 0 Å². The smallest absolute Gasteiger partial charge is 0.316 e. The molecule has 0 aliphatic carbocycles. The molecule has 0 saturated heterocycles. The van der Waals surface area contributed by atoms with Crippen LogP contribution < -0.4 is 16.4 Å². The van der Waals surface area contributed by atoms with Gasteiger partial charge in [0.2, 0.25) is 5.91 Å². The fourth-order valence-corrected chi connectivity index (χ4v) is 1.72. The van der Waals surface area contributed by atoms with E-state index in [2.05, 4.69) is 10.6 Å². The molecule has 0 spiro atoms. The fraction of sp³-hybridized carbons (Fsp3) is 0.308. The summed E-state index contributed by atoms with van der Waals surface area (Å²) in [5.74, 6) is -1.47. The topological polar surface area (TPSA) is 122 Å². The van der Waals surface area contributed by atoms with E-state index in [1.807, 2.05) is 0 Å². The Morgan fingerprint density at radius 3 is 2.35 bits per heavy atom. The summed E-state index contributed by atoms with van der Waals surface area (Å²) in [6.07, 6.45) is 0.0520. The number of hydrogen-bond acceptors (Lipinski definition) is 3. The third-order valence-electron chi connectivity index (χ3n) is 2.47. The number of carbonyl (C=O) groups is 3. The number of nitrogens with one attached hydrogen (secondary N) is 2. The van der Waals surface area contributed by atoms with Gasteiger partial charge >= 0.3 is 12.0 Å². The normalized spacial score (nSPS) is 11.4. The molecule has 108 valence electrons. The Labute approximate surface area is 116 Å². The lowest BCUT2D eigenvalue weighted by Crippen LogP contribution is -2.20. The first-order chi connectivity index (χ1) is 9.36. The Morgan fingerprint density at radius 2 is 1.80 bits per heavy atom. The number of nitrogens with two attached hydrogens (primary N) is 1. The molecule has 7 nitrogen and oxygen atoms in total. The minimum absolute atomic E-state index is 0.0588. The molecule has 1 atom stereocenters. The van der Waals surface area contributed by atoms with E-state index in [1.54, 1.807) is 31.2 Å². The predicted octanol–water partition coefficient (Wildman–Crippen LogP) is 1.62. The molecule has 0 saturated carbocycles. The van der Waals surface area contributed by atoms with E-state index in [0.29, 0.717) is 11.4 Å². The zero-order valence-electron chi connectivity index (χ0n) is 11.1. The summed E-state index contributed by atoms with van der Waals surface area (Å²) in [6, 6.07) is 5.81. The third kappa shape index (κ3) is 5.85. The molecule has 7 heteroatoms. The highest BCUT2D eigenvalue weighted by Crippen LogP contribution is 2.16. The van der Waals surface area contributed by atoms with E-state index in [4.69, 9.17) is 10.8 Å². The Kier molecular flexibility index (Phi) is 5.52. The summed E-state index contributed by atoms with van der Waals surface area (Å²) in [4.78, 5) is 33.0. The minimum atomic E-state index is -0.932. The molecular weight excluding hydrogens is 262 g/mol. The number of primary amides is 1. The van der Waals surface area contributed by atoms with Gasteiger partial charge in [-0.05, 0) is 24.1 Å². The van der Waals surface area contributed by atoms with Crippen LogP contribution in [0.5, 0.6) is 0 Å². The lowest BCUT2D eigenvalue weighted by molar-refractivity contribution is -0.138. The largest absolute Gasteiger partial charge is 0.481 e. The molecule has 20 heavy (non-hydrogen) atoms. The van der Waals surface area contributed by atoms with E-state index >= 15 is 0 Å². The van der Waals surface area contributed by atoms with Crippen molar-refractivity contribution in [2.75, 3.05) is 10.6 Å². The van der Waals surface area contributed by atoms with Gasteiger partial charge in [0, 0.05) is 24.2 Å². The second-order valence-electron chi connectivity index (χ2n) is 4.53. The third-order valence-corrected chi connectivity index (χ3v) is 2.47. The van der Waals surface area contributed by atoms with E-state index in [9.17, 15) is 14.4 Å². The van der Waals surface area contributed by atoms with Crippen molar-refractivity contribution < 1.29 is 19.5 Å². The van der Waals surface area contributed by atoms with Crippen molar-refractivity contribution in [3.63, 3.8) is 0 Å². The Hall–Kier alpha value is -2.57. The molecule has 1 aromatic rings. The number of benzene rings is 1. The number of carbonyl (C=O) groups excluding carboxylic acids is 2. The van der Waals surface area contributed by atoms with Crippen LogP contribution in [0.3, 0.4) is 0 Å². The molecule has 0 bridgehead atoms. The van der Waals surface area contributed by atoms with Crippen molar-refractivity contribution in [3.05, 3.63) is 24.3 Å². The quantitative estimate of drug-likeness (QED) is 0.632. The van der Waals surface area contributed by atoms with Crippen molar-refractivity contribution in [3.8, 4) is 0 Å². The summed E-state index contributed by atoms with van der Waals surface area (Å²) >= 11 is 0. The number of urea groups is 1. The zero-order chi connectivity index (χ0) is 15.1. The van der Waals surface area contributed by atoms with Gasteiger partial charge in [0.25, 0.3) is 0 Å². The van der Waals surface area contributed by atoms with Crippen LogP contribution in [0.2, 0.25) is 0 Å². The molecule has 0 aliphatic rings. The number of carboxylic acids is 1. The van der Waals surface area contributed by atoms with Crippen LogP contribution in [-0.4, -0.2) is 23.0 Å². The molecular formula is C13H17N3O4. The van der Waals surface area contributed by atoms with Crippen molar-refractivity contribution in [2.45, 2.75) is 19.8 Å². The van der Waals surface area contributed by atoms with Gasteiger partial charge in [-0.25, -0.2) is 4.79 Å². The summed E-state index contributed by atoms with van der Waals surface area (Å²) in [7, 11) is 0. The summed E-state index contributed by atoms with van der Waals surface area (Å²) in [5, 5.41) is 13.7. The van der Waals surface area contributed by atoms with Crippen LogP contribution in [0.15, 0.2) is 24.3 Å². The molecule has 3 amide bonds. The Balaban J connectivity index is 2.57. The average Bonchev–Trinajstić information content (AvgIpc) is 2.26. The minimum Gasteiger partial charge on any atom is -0.481 e. The van der Waals surface area contributed by atoms with Gasteiger partial charge in [-0.3, -0.25) is 9.59 Å². The van der Waals surface area contributed by atoms with Gasteiger partial charge in [-0.2, -0.15) is 0 Å². The van der Waals surface area contributed by atoms with Crippen LogP contribution in [0.4, 0.5) is 16.2 Å². The molecule has 0 heterocycles. The van der Waals surface area contributed by atoms with Crippen LogP contribution in [0, 0.1) is 5.92 Å². The highest BCUT2D eigenvalue weighted by molar-refractivity contribution is 5.93. The maximum Gasteiger partial charge on any atom is 0.316 e.